The van der Waals surface area contributed by atoms with E-state index in [2.05, 4.69) is 37.4 Å². The molecule has 1 saturated heterocycles. The molecule has 0 saturated carbocycles. The molecule has 0 spiro atoms. The number of hydrogen-bond acceptors (Lipinski definition) is 8. The second-order valence-electron chi connectivity index (χ2n) is 10.4. The molecule has 1 fully saturated rings. The number of benzene rings is 3. The second-order valence-corrected chi connectivity index (χ2v) is 10.4. The number of ether oxygens (including phenoxy) is 2. The molecule has 0 aliphatic carbocycles. The summed E-state index contributed by atoms with van der Waals surface area (Å²) in [6.07, 6.45) is -3.12. The van der Waals surface area contributed by atoms with Crippen molar-refractivity contribution in [3.63, 3.8) is 0 Å². The summed E-state index contributed by atoms with van der Waals surface area (Å²) in [6.45, 7) is 7.65. The SMILES string of the molecule is COc1cc2c(Oc3cc(C(=O)Nc4cccc(C(F)(F)F)c4)ccc3C)ncnc2cc1NCCN1CCN(C)CC1. The van der Waals surface area contributed by atoms with E-state index in [1.54, 1.807) is 19.2 Å². The third kappa shape index (κ3) is 7.33. The number of likely N-dealkylation sites (N-methyl/N-ethyl adjacent to an activating group) is 1. The van der Waals surface area contributed by atoms with Gasteiger partial charge >= 0.3 is 6.18 Å². The van der Waals surface area contributed by atoms with Gasteiger partial charge in [0.25, 0.3) is 5.91 Å². The van der Waals surface area contributed by atoms with Crippen molar-refractivity contribution >= 4 is 28.2 Å². The predicted octanol–water partition coefficient (Wildman–Crippen LogP) is 5.67. The van der Waals surface area contributed by atoms with E-state index in [1.165, 1.54) is 24.5 Å². The third-order valence-electron chi connectivity index (χ3n) is 7.36. The number of carbonyl (C=O) groups is 1. The fraction of sp³-hybridized carbons (Fsp3) is 0.323. The van der Waals surface area contributed by atoms with Gasteiger partial charge in [0, 0.05) is 50.5 Å². The van der Waals surface area contributed by atoms with E-state index in [9.17, 15) is 18.0 Å². The lowest BCUT2D eigenvalue weighted by Gasteiger charge is -2.32. The number of anilines is 2. The Morgan fingerprint density at radius 3 is 2.53 bits per heavy atom. The van der Waals surface area contributed by atoms with E-state index in [-0.39, 0.29) is 17.1 Å². The van der Waals surface area contributed by atoms with Crippen molar-refractivity contribution < 1.29 is 27.4 Å². The van der Waals surface area contributed by atoms with Crippen molar-refractivity contribution in [2.75, 3.05) is 64.1 Å². The molecule has 0 atom stereocenters. The second kappa shape index (κ2) is 12.8. The molecule has 0 bridgehead atoms. The fourth-order valence-corrected chi connectivity index (χ4v) is 4.80. The molecule has 0 unspecified atom stereocenters. The molecule has 9 nitrogen and oxygen atoms in total. The maximum atomic E-state index is 13.1. The smallest absolute Gasteiger partial charge is 0.416 e. The van der Waals surface area contributed by atoms with Gasteiger partial charge in [-0.25, -0.2) is 9.97 Å². The number of methoxy groups -OCH3 is 1. The van der Waals surface area contributed by atoms with Crippen molar-refractivity contribution in [1.82, 2.24) is 19.8 Å². The first-order valence-electron chi connectivity index (χ1n) is 13.9. The highest BCUT2D eigenvalue weighted by molar-refractivity contribution is 6.04. The van der Waals surface area contributed by atoms with Crippen LogP contribution in [-0.4, -0.2) is 79.1 Å². The number of carbonyl (C=O) groups excluding carboxylic acids is 1. The Morgan fingerprint density at radius 1 is 1.00 bits per heavy atom. The van der Waals surface area contributed by atoms with Crippen LogP contribution in [0, 0.1) is 6.92 Å². The number of fused-ring (bicyclic) bond motifs is 1. The van der Waals surface area contributed by atoms with Gasteiger partial charge in [0.2, 0.25) is 5.88 Å². The predicted molar refractivity (Wildman–Crippen MR) is 159 cm³/mol. The Kier molecular flexibility index (Phi) is 8.97. The summed E-state index contributed by atoms with van der Waals surface area (Å²) >= 11 is 0. The minimum Gasteiger partial charge on any atom is -0.495 e. The van der Waals surface area contributed by atoms with Crippen LogP contribution in [-0.2, 0) is 6.18 Å². The lowest BCUT2D eigenvalue weighted by Crippen LogP contribution is -2.45. The highest BCUT2D eigenvalue weighted by atomic mass is 19.4. The Bertz CT molecular complexity index is 1610. The molecule has 2 N–H and O–H groups in total. The van der Waals surface area contributed by atoms with Gasteiger partial charge in [-0.3, -0.25) is 9.69 Å². The quantitative estimate of drug-likeness (QED) is 0.256. The number of amides is 1. The Morgan fingerprint density at radius 2 is 1.79 bits per heavy atom. The topological polar surface area (TPSA) is 91.8 Å². The van der Waals surface area contributed by atoms with Gasteiger partial charge in [-0.1, -0.05) is 12.1 Å². The van der Waals surface area contributed by atoms with Crippen molar-refractivity contribution in [1.29, 1.82) is 0 Å². The van der Waals surface area contributed by atoms with Crippen LogP contribution in [0.1, 0.15) is 21.5 Å². The number of aromatic nitrogens is 2. The molecular formula is C31H33F3N6O3. The lowest BCUT2D eigenvalue weighted by atomic mass is 10.1. The summed E-state index contributed by atoms with van der Waals surface area (Å²) in [7, 11) is 3.72. The van der Waals surface area contributed by atoms with Crippen LogP contribution in [0.5, 0.6) is 17.4 Å². The van der Waals surface area contributed by atoms with Gasteiger partial charge in [0.05, 0.1) is 29.3 Å². The number of nitrogens with zero attached hydrogens (tertiary/aromatic N) is 4. The Hall–Kier alpha value is -4.42. The zero-order valence-corrected chi connectivity index (χ0v) is 24.2. The van der Waals surface area contributed by atoms with Crippen LogP contribution in [0.4, 0.5) is 24.5 Å². The number of hydrogen-bond donors (Lipinski definition) is 2. The van der Waals surface area contributed by atoms with Crippen LogP contribution in [0.15, 0.2) is 60.9 Å². The van der Waals surface area contributed by atoms with Crippen molar-refractivity contribution in [3.05, 3.63) is 77.6 Å². The average molecular weight is 595 g/mol. The number of halogens is 3. The molecule has 43 heavy (non-hydrogen) atoms. The van der Waals surface area contributed by atoms with Crippen LogP contribution in [0.3, 0.4) is 0 Å². The number of piperazine rings is 1. The van der Waals surface area contributed by atoms with Crippen LogP contribution in [0.25, 0.3) is 10.9 Å². The first-order valence-corrected chi connectivity index (χ1v) is 13.9. The third-order valence-corrected chi connectivity index (χ3v) is 7.36. The normalized spacial score (nSPS) is 14.5. The van der Waals surface area contributed by atoms with Gasteiger partial charge in [0.1, 0.15) is 17.8 Å². The van der Waals surface area contributed by atoms with E-state index < -0.39 is 17.6 Å². The minimum atomic E-state index is -4.52. The summed E-state index contributed by atoms with van der Waals surface area (Å²) < 4.78 is 51.1. The molecule has 3 aromatic carbocycles. The van der Waals surface area contributed by atoms with Gasteiger partial charge in [-0.2, -0.15) is 13.2 Å². The molecule has 1 aliphatic rings. The minimum absolute atomic E-state index is 0.0321. The number of alkyl halides is 3. The van der Waals surface area contributed by atoms with Crippen molar-refractivity contribution in [2.24, 2.45) is 0 Å². The van der Waals surface area contributed by atoms with Gasteiger partial charge in [-0.15, -0.1) is 0 Å². The summed E-state index contributed by atoms with van der Waals surface area (Å²) in [6, 6.07) is 13.0. The number of nitrogens with one attached hydrogen (secondary N) is 2. The van der Waals surface area contributed by atoms with Crippen LogP contribution >= 0.6 is 0 Å². The monoisotopic (exact) mass is 594 g/mol. The largest absolute Gasteiger partial charge is 0.495 e. The van der Waals surface area contributed by atoms with Crippen molar-refractivity contribution in [2.45, 2.75) is 13.1 Å². The van der Waals surface area contributed by atoms with E-state index in [0.717, 1.165) is 62.7 Å². The van der Waals surface area contributed by atoms with Gasteiger partial charge in [0.15, 0.2) is 0 Å². The maximum absolute atomic E-state index is 13.1. The summed E-state index contributed by atoms with van der Waals surface area (Å²) in [5, 5.41) is 6.59. The standard InChI is InChI=1S/C31H33F3N6O3/c1-20-7-8-21(29(41)38-23-6-4-5-22(16-23)31(32,33)34)15-27(20)43-30-24-17-28(42-3)26(18-25(24)36-19-37-30)35-9-10-40-13-11-39(2)12-14-40/h4-8,15-19,35H,9-14H2,1-3H3,(H,38,41). The van der Waals surface area contributed by atoms with Crippen LogP contribution < -0.4 is 20.1 Å². The van der Waals surface area contributed by atoms with Crippen LogP contribution in [0.2, 0.25) is 0 Å². The highest BCUT2D eigenvalue weighted by Gasteiger charge is 2.30. The molecule has 0 radical (unpaired) electrons. The average Bonchev–Trinajstić information content (AvgIpc) is 2.98. The summed E-state index contributed by atoms with van der Waals surface area (Å²) in [5.41, 5.74) is 1.57. The fourth-order valence-electron chi connectivity index (χ4n) is 4.80. The van der Waals surface area contributed by atoms with E-state index in [0.29, 0.717) is 22.4 Å². The molecular weight excluding hydrogens is 561 g/mol. The molecule has 1 aromatic heterocycles. The Balaban J connectivity index is 1.33. The molecule has 1 amide bonds. The first-order chi connectivity index (χ1) is 20.6. The molecule has 1 aliphatic heterocycles. The first kappa shape index (κ1) is 30.1. The molecule has 5 rings (SSSR count). The van der Waals surface area contributed by atoms with Gasteiger partial charge in [-0.05, 0) is 62.0 Å². The van der Waals surface area contributed by atoms with E-state index >= 15 is 0 Å². The maximum Gasteiger partial charge on any atom is 0.416 e. The van der Waals surface area contributed by atoms with E-state index in [4.69, 9.17) is 9.47 Å². The Labute approximate surface area is 247 Å². The van der Waals surface area contributed by atoms with Crippen molar-refractivity contribution in [3.8, 4) is 17.4 Å². The zero-order valence-electron chi connectivity index (χ0n) is 24.2. The van der Waals surface area contributed by atoms with E-state index in [1.807, 2.05) is 19.1 Å². The zero-order chi connectivity index (χ0) is 30.6. The highest BCUT2D eigenvalue weighted by Crippen LogP contribution is 2.36. The molecule has 12 heteroatoms. The summed E-state index contributed by atoms with van der Waals surface area (Å²) in [4.78, 5) is 26.4. The summed E-state index contributed by atoms with van der Waals surface area (Å²) in [5.74, 6) is 0.665. The lowest BCUT2D eigenvalue weighted by molar-refractivity contribution is -0.137. The number of aryl methyl sites for hydroxylation is 1. The van der Waals surface area contributed by atoms with Gasteiger partial charge < -0.3 is 25.0 Å². The molecule has 226 valence electrons. The number of rotatable bonds is 9. The molecule has 2 heterocycles. The molecule has 4 aromatic rings.